The fraction of sp³-hybridized carbons (Fsp3) is 0.278. The molecule has 1 aliphatic heterocycles. The van der Waals surface area contributed by atoms with Gasteiger partial charge in [-0.1, -0.05) is 48.0 Å². The lowest BCUT2D eigenvalue weighted by Crippen LogP contribution is -2.16. The number of carboxylic acids is 1. The zero-order valence-corrected chi connectivity index (χ0v) is 12.0. The molecule has 1 heterocycles. The van der Waals surface area contributed by atoms with Crippen LogP contribution in [0.3, 0.4) is 0 Å². The van der Waals surface area contributed by atoms with Crippen molar-refractivity contribution in [3.8, 4) is 5.75 Å². The number of carboxylic acid groups (broad SMARTS) is 1. The fourth-order valence-electron chi connectivity index (χ4n) is 2.98. The molecule has 0 aliphatic carbocycles. The third-order valence-corrected chi connectivity index (χ3v) is 4.06. The molecule has 0 saturated heterocycles. The normalized spacial score (nSPS) is 17.9. The Balaban J connectivity index is 1.86. The largest absolute Gasteiger partial charge is 0.493 e. The summed E-state index contributed by atoms with van der Waals surface area (Å²) in [5.41, 5.74) is 3.07. The van der Waals surface area contributed by atoms with Gasteiger partial charge in [0, 0.05) is 11.5 Å². The summed E-state index contributed by atoms with van der Waals surface area (Å²) in [6, 6.07) is 15.6. The first-order valence-electron chi connectivity index (χ1n) is 7.16. The van der Waals surface area contributed by atoms with E-state index in [0.29, 0.717) is 13.0 Å². The molecule has 0 fully saturated rings. The molecule has 2 unspecified atom stereocenters. The predicted molar refractivity (Wildman–Crippen MR) is 80.9 cm³/mol. The average molecular weight is 282 g/mol. The molecule has 0 amide bonds. The van der Waals surface area contributed by atoms with Gasteiger partial charge in [-0.15, -0.1) is 0 Å². The van der Waals surface area contributed by atoms with Crippen LogP contribution in [-0.2, 0) is 4.79 Å². The maximum absolute atomic E-state index is 11.7. The lowest BCUT2D eigenvalue weighted by molar-refractivity contribution is -0.139. The van der Waals surface area contributed by atoms with Crippen molar-refractivity contribution < 1.29 is 14.6 Å². The van der Waals surface area contributed by atoms with Gasteiger partial charge in [0.2, 0.25) is 0 Å². The van der Waals surface area contributed by atoms with Gasteiger partial charge in [-0.25, -0.2) is 0 Å². The number of hydrogen-bond acceptors (Lipinski definition) is 2. The van der Waals surface area contributed by atoms with Gasteiger partial charge in [0.05, 0.1) is 12.5 Å². The number of para-hydroxylation sites is 1. The van der Waals surface area contributed by atoms with E-state index < -0.39 is 11.9 Å². The SMILES string of the molecule is Cc1cccc(C(CC2COc3ccccc32)C(=O)O)c1. The lowest BCUT2D eigenvalue weighted by atomic mass is 9.85. The Morgan fingerprint density at radius 2 is 2.10 bits per heavy atom. The number of ether oxygens (including phenoxy) is 1. The second-order valence-electron chi connectivity index (χ2n) is 5.59. The summed E-state index contributed by atoms with van der Waals surface area (Å²) in [6.45, 7) is 2.55. The average Bonchev–Trinajstić information content (AvgIpc) is 2.87. The van der Waals surface area contributed by atoms with E-state index in [-0.39, 0.29) is 5.92 Å². The molecule has 0 aromatic heterocycles. The second-order valence-corrected chi connectivity index (χ2v) is 5.59. The number of aliphatic carboxylic acids is 1. The van der Waals surface area contributed by atoms with Gasteiger partial charge in [0.25, 0.3) is 0 Å². The van der Waals surface area contributed by atoms with Crippen LogP contribution in [0.2, 0.25) is 0 Å². The van der Waals surface area contributed by atoms with Crippen LogP contribution in [0.15, 0.2) is 48.5 Å². The van der Waals surface area contributed by atoms with Gasteiger partial charge in [-0.2, -0.15) is 0 Å². The van der Waals surface area contributed by atoms with Gasteiger partial charge in [0.1, 0.15) is 5.75 Å². The molecule has 1 N–H and O–H groups in total. The monoisotopic (exact) mass is 282 g/mol. The molecule has 0 spiro atoms. The van der Waals surface area contributed by atoms with E-state index in [1.165, 1.54) is 0 Å². The number of carbonyl (C=O) groups is 1. The van der Waals surface area contributed by atoms with Crippen molar-refractivity contribution in [1.82, 2.24) is 0 Å². The minimum atomic E-state index is -0.773. The van der Waals surface area contributed by atoms with Gasteiger partial charge in [-0.3, -0.25) is 4.79 Å². The molecule has 108 valence electrons. The summed E-state index contributed by atoms with van der Waals surface area (Å²) < 4.78 is 5.66. The Labute approximate surface area is 124 Å². The van der Waals surface area contributed by atoms with Crippen LogP contribution in [0.5, 0.6) is 5.75 Å². The van der Waals surface area contributed by atoms with E-state index in [1.54, 1.807) is 0 Å². The highest BCUT2D eigenvalue weighted by molar-refractivity contribution is 5.76. The van der Waals surface area contributed by atoms with Gasteiger partial charge < -0.3 is 9.84 Å². The summed E-state index contributed by atoms with van der Waals surface area (Å²) in [4.78, 5) is 11.7. The molecule has 0 saturated carbocycles. The number of rotatable bonds is 4. The Bertz CT molecular complexity index is 663. The van der Waals surface area contributed by atoms with Crippen molar-refractivity contribution in [1.29, 1.82) is 0 Å². The first-order valence-corrected chi connectivity index (χ1v) is 7.16. The highest BCUT2D eigenvalue weighted by atomic mass is 16.5. The molecule has 2 aromatic carbocycles. The smallest absolute Gasteiger partial charge is 0.310 e. The van der Waals surface area contributed by atoms with Gasteiger partial charge >= 0.3 is 5.97 Å². The maximum atomic E-state index is 11.7. The van der Waals surface area contributed by atoms with Crippen molar-refractivity contribution >= 4 is 5.97 Å². The van der Waals surface area contributed by atoms with Crippen molar-refractivity contribution in [2.24, 2.45) is 0 Å². The van der Waals surface area contributed by atoms with Crippen LogP contribution in [0.1, 0.15) is 34.9 Å². The molecule has 0 bridgehead atoms. The Kier molecular flexibility index (Phi) is 3.65. The van der Waals surface area contributed by atoms with E-state index >= 15 is 0 Å². The van der Waals surface area contributed by atoms with E-state index in [9.17, 15) is 9.90 Å². The number of fused-ring (bicyclic) bond motifs is 1. The van der Waals surface area contributed by atoms with Gasteiger partial charge in [-0.05, 0) is 25.0 Å². The van der Waals surface area contributed by atoms with Crippen molar-refractivity contribution in [2.75, 3.05) is 6.61 Å². The molecule has 3 nitrogen and oxygen atoms in total. The molecule has 2 aromatic rings. The van der Waals surface area contributed by atoms with Crippen molar-refractivity contribution in [3.05, 3.63) is 65.2 Å². The third kappa shape index (κ3) is 2.77. The summed E-state index contributed by atoms with van der Waals surface area (Å²) in [5.74, 6) is -0.242. The third-order valence-electron chi connectivity index (χ3n) is 4.06. The Morgan fingerprint density at radius 3 is 2.86 bits per heavy atom. The Hall–Kier alpha value is -2.29. The molecule has 0 radical (unpaired) electrons. The molecule has 21 heavy (non-hydrogen) atoms. The highest BCUT2D eigenvalue weighted by Gasteiger charge is 2.30. The van der Waals surface area contributed by atoms with E-state index in [2.05, 4.69) is 0 Å². The first-order chi connectivity index (χ1) is 10.1. The summed E-state index contributed by atoms with van der Waals surface area (Å²) in [7, 11) is 0. The van der Waals surface area contributed by atoms with Gasteiger partial charge in [0.15, 0.2) is 0 Å². The molecule has 3 heteroatoms. The van der Waals surface area contributed by atoms with Crippen molar-refractivity contribution in [2.45, 2.75) is 25.2 Å². The number of hydrogen-bond donors (Lipinski definition) is 1. The van der Waals surface area contributed by atoms with E-state index in [4.69, 9.17) is 4.74 Å². The lowest BCUT2D eigenvalue weighted by Gasteiger charge is -2.17. The molecular formula is C18H18O3. The standard InChI is InChI=1S/C18H18O3/c1-12-5-4-6-13(9-12)16(18(19)20)10-14-11-21-17-8-3-2-7-15(14)17/h2-9,14,16H,10-11H2,1H3,(H,19,20). The minimum Gasteiger partial charge on any atom is -0.493 e. The van der Waals surface area contributed by atoms with Crippen LogP contribution >= 0.6 is 0 Å². The second kappa shape index (κ2) is 5.60. The predicted octanol–water partition coefficient (Wildman–Crippen LogP) is 3.73. The fourth-order valence-corrected chi connectivity index (χ4v) is 2.98. The molecule has 3 rings (SSSR count). The van der Waals surface area contributed by atoms with Crippen LogP contribution in [0, 0.1) is 6.92 Å². The quantitative estimate of drug-likeness (QED) is 0.929. The minimum absolute atomic E-state index is 0.141. The summed E-state index contributed by atoms with van der Waals surface area (Å²) in [5, 5.41) is 9.59. The maximum Gasteiger partial charge on any atom is 0.310 e. The Morgan fingerprint density at radius 1 is 1.29 bits per heavy atom. The van der Waals surface area contributed by atoms with Crippen LogP contribution in [-0.4, -0.2) is 17.7 Å². The van der Waals surface area contributed by atoms with E-state index in [0.717, 1.165) is 22.4 Å². The topological polar surface area (TPSA) is 46.5 Å². The van der Waals surface area contributed by atoms with Crippen molar-refractivity contribution in [3.63, 3.8) is 0 Å². The highest BCUT2D eigenvalue weighted by Crippen LogP contribution is 2.39. The first kappa shape index (κ1) is 13.7. The molecule has 2 atom stereocenters. The zero-order valence-electron chi connectivity index (χ0n) is 12.0. The summed E-state index contributed by atoms with van der Waals surface area (Å²) in [6.07, 6.45) is 0.565. The number of benzene rings is 2. The van der Waals surface area contributed by atoms with Crippen LogP contribution in [0.4, 0.5) is 0 Å². The van der Waals surface area contributed by atoms with Crippen LogP contribution in [0.25, 0.3) is 0 Å². The number of aryl methyl sites for hydroxylation is 1. The van der Waals surface area contributed by atoms with Crippen LogP contribution < -0.4 is 4.74 Å². The van der Waals surface area contributed by atoms with E-state index in [1.807, 2.05) is 55.5 Å². The zero-order chi connectivity index (χ0) is 14.8. The summed E-state index contributed by atoms with van der Waals surface area (Å²) >= 11 is 0. The molecule has 1 aliphatic rings. The molecular weight excluding hydrogens is 264 g/mol.